The van der Waals surface area contributed by atoms with Crippen molar-refractivity contribution < 1.29 is 4.79 Å². The molecule has 5 nitrogen and oxygen atoms in total. The Morgan fingerprint density at radius 1 is 1.00 bits per heavy atom. The molecule has 0 aromatic heterocycles. The number of fused-ring (bicyclic) bond motifs is 1. The molecular weight excluding hydrogens is 384 g/mol. The van der Waals surface area contributed by atoms with Crippen LogP contribution in [0.1, 0.15) is 34.5 Å². The second kappa shape index (κ2) is 10.9. The van der Waals surface area contributed by atoms with Crippen molar-refractivity contribution in [2.45, 2.75) is 19.9 Å². The van der Waals surface area contributed by atoms with Gasteiger partial charge in [-0.15, -0.1) is 0 Å². The van der Waals surface area contributed by atoms with E-state index in [0.717, 1.165) is 43.0 Å². The molecule has 3 rings (SSSR count). The molecule has 164 valence electrons. The topological polar surface area (TPSA) is 56.4 Å². The first kappa shape index (κ1) is 22.8. The summed E-state index contributed by atoms with van der Waals surface area (Å²) in [5, 5.41) is 12.2. The Balaban J connectivity index is 1.66. The lowest BCUT2D eigenvalue weighted by molar-refractivity contribution is 0.0939. The maximum atomic E-state index is 13.1. The molecule has 31 heavy (non-hydrogen) atoms. The molecule has 0 saturated carbocycles. The Bertz CT molecular complexity index is 1010. The highest BCUT2D eigenvalue weighted by molar-refractivity contribution is 5.97. The highest BCUT2D eigenvalue weighted by Crippen LogP contribution is 2.25. The second-order valence-electron chi connectivity index (χ2n) is 8.13. The van der Waals surface area contributed by atoms with Crippen LogP contribution in [0.2, 0.25) is 0 Å². The Labute approximate surface area is 185 Å². The third kappa shape index (κ3) is 6.06. The Morgan fingerprint density at radius 3 is 2.55 bits per heavy atom. The van der Waals surface area contributed by atoms with Crippen molar-refractivity contribution in [3.8, 4) is 0 Å². The van der Waals surface area contributed by atoms with Gasteiger partial charge in [0.15, 0.2) is 0 Å². The quantitative estimate of drug-likeness (QED) is 0.462. The molecule has 0 heterocycles. The molecule has 1 amide bonds. The number of benzene rings is 3. The number of hydrogen-bond acceptors (Lipinski definition) is 4. The van der Waals surface area contributed by atoms with Crippen LogP contribution in [0.5, 0.6) is 0 Å². The SMILES string of the molecule is CNCCN(C)CCNc1ccc(C)c(C(=O)N[C@H](C)c2cccc3ccccc23)c1. The van der Waals surface area contributed by atoms with Crippen LogP contribution in [0.3, 0.4) is 0 Å². The van der Waals surface area contributed by atoms with Crippen LogP contribution in [-0.2, 0) is 0 Å². The number of carbonyl (C=O) groups excluding carboxylic acids is 1. The van der Waals surface area contributed by atoms with E-state index in [1.54, 1.807) is 0 Å². The van der Waals surface area contributed by atoms with Gasteiger partial charge in [0.05, 0.1) is 6.04 Å². The van der Waals surface area contributed by atoms with Gasteiger partial charge in [0.1, 0.15) is 0 Å². The zero-order valence-corrected chi connectivity index (χ0v) is 19.0. The molecule has 3 aromatic carbocycles. The summed E-state index contributed by atoms with van der Waals surface area (Å²) in [6.07, 6.45) is 0. The van der Waals surface area contributed by atoms with Crippen molar-refractivity contribution in [2.24, 2.45) is 0 Å². The number of anilines is 1. The van der Waals surface area contributed by atoms with Gasteiger partial charge in [0.2, 0.25) is 0 Å². The monoisotopic (exact) mass is 418 g/mol. The van der Waals surface area contributed by atoms with Crippen molar-refractivity contribution >= 4 is 22.4 Å². The lowest BCUT2D eigenvalue weighted by Crippen LogP contribution is -2.31. The fraction of sp³-hybridized carbons (Fsp3) is 0.346. The van der Waals surface area contributed by atoms with Gasteiger partial charge in [0, 0.05) is 37.4 Å². The lowest BCUT2D eigenvalue weighted by atomic mass is 9.99. The summed E-state index contributed by atoms with van der Waals surface area (Å²) in [5.74, 6) is -0.0484. The van der Waals surface area contributed by atoms with Crippen molar-refractivity contribution in [1.29, 1.82) is 0 Å². The summed E-state index contributed by atoms with van der Waals surface area (Å²) in [6.45, 7) is 7.77. The first-order chi connectivity index (χ1) is 15.0. The first-order valence-corrected chi connectivity index (χ1v) is 11.0. The molecule has 1 atom stereocenters. The number of likely N-dealkylation sites (N-methyl/N-ethyl adjacent to an activating group) is 2. The van der Waals surface area contributed by atoms with Crippen molar-refractivity contribution in [3.05, 3.63) is 77.4 Å². The van der Waals surface area contributed by atoms with E-state index in [-0.39, 0.29) is 11.9 Å². The summed E-state index contributed by atoms with van der Waals surface area (Å²) in [7, 11) is 4.08. The van der Waals surface area contributed by atoms with Crippen LogP contribution in [0.15, 0.2) is 60.7 Å². The highest BCUT2D eigenvalue weighted by Gasteiger charge is 2.15. The molecule has 0 bridgehead atoms. The number of amides is 1. The molecule has 5 heteroatoms. The number of nitrogens with zero attached hydrogens (tertiary/aromatic N) is 1. The average Bonchev–Trinajstić information content (AvgIpc) is 2.78. The molecule has 0 fully saturated rings. The number of carbonyl (C=O) groups is 1. The molecule has 0 aliphatic rings. The third-order valence-electron chi connectivity index (χ3n) is 5.69. The lowest BCUT2D eigenvalue weighted by Gasteiger charge is -2.19. The van der Waals surface area contributed by atoms with E-state index < -0.39 is 0 Å². The molecule has 0 radical (unpaired) electrons. The maximum Gasteiger partial charge on any atom is 0.252 e. The predicted octanol–water partition coefficient (Wildman–Crippen LogP) is 4.20. The fourth-order valence-corrected chi connectivity index (χ4v) is 3.76. The Morgan fingerprint density at radius 2 is 1.74 bits per heavy atom. The van der Waals surface area contributed by atoms with Crippen LogP contribution in [0, 0.1) is 6.92 Å². The fourth-order valence-electron chi connectivity index (χ4n) is 3.76. The largest absolute Gasteiger partial charge is 0.384 e. The maximum absolute atomic E-state index is 13.1. The molecule has 0 aliphatic heterocycles. The smallest absolute Gasteiger partial charge is 0.252 e. The number of nitrogens with one attached hydrogen (secondary N) is 3. The molecule has 0 aliphatic carbocycles. The number of hydrogen-bond donors (Lipinski definition) is 3. The van der Waals surface area contributed by atoms with E-state index in [0.29, 0.717) is 5.56 Å². The van der Waals surface area contributed by atoms with E-state index in [2.05, 4.69) is 52.2 Å². The van der Waals surface area contributed by atoms with Crippen LogP contribution in [-0.4, -0.2) is 51.1 Å². The van der Waals surface area contributed by atoms with E-state index in [1.165, 1.54) is 10.8 Å². The van der Waals surface area contributed by atoms with E-state index in [9.17, 15) is 4.79 Å². The molecule has 0 saturated heterocycles. The predicted molar refractivity (Wildman–Crippen MR) is 131 cm³/mol. The van der Waals surface area contributed by atoms with Gasteiger partial charge in [0.25, 0.3) is 5.91 Å². The van der Waals surface area contributed by atoms with Crippen molar-refractivity contribution in [3.63, 3.8) is 0 Å². The third-order valence-corrected chi connectivity index (χ3v) is 5.69. The summed E-state index contributed by atoms with van der Waals surface area (Å²) in [5.41, 5.74) is 3.78. The minimum Gasteiger partial charge on any atom is -0.384 e. The van der Waals surface area contributed by atoms with E-state index in [1.807, 2.05) is 57.3 Å². The average molecular weight is 419 g/mol. The summed E-state index contributed by atoms with van der Waals surface area (Å²) in [6, 6.07) is 20.4. The summed E-state index contributed by atoms with van der Waals surface area (Å²) < 4.78 is 0. The second-order valence-corrected chi connectivity index (χ2v) is 8.13. The number of rotatable bonds is 10. The van der Waals surface area contributed by atoms with Gasteiger partial charge in [-0.05, 0) is 62.0 Å². The summed E-state index contributed by atoms with van der Waals surface area (Å²) in [4.78, 5) is 15.4. The van der Waals surface area contributed by atoms with Gasteiger partial charge in [-0.2, -0.15) is 0 Å². The molecule has 0 unspecified atom stereocenters. The van der Waals surface area contributed by atoms with Gasteiger partial charge in [-0.25, -0.2) is 0 Å². The Hall–Kier alpha value is -2.89. The van der Waals surface area contributed by atoms with Gasteiger partial charge >= 0.3 is 0 Å². The molecule has 3 aromatic rings. The molecule has 3 N–H and O–H groups in total. The standard InChI is InChI=1S/C26H34N4O/c1-19-12-13-22(28-15-17-30(4)16-14-27-3)18-25(19)26(31)29-20(2)23-11-7-9-21-8-5-6-10-24(21)23/h5-13,18,20,27-28H,14-17H2,1-4H3,(H,29,31)/t20-/m1/s1. The van der Waals surface area contributed by atoms with E-state index in [4.69, 9.17) is 0 Å². The highest BCUT2D eigenvalue weighted by atomic mass is 16.1. The number of aryl methyl sites for hydroxylation is 1. The minimum absolute atomic E-state index is 0.0484. The van der Waals surface area contributed by atoms with Crippen LogP contribution in [0.4, 0.5) is 5.69 Å². The van der Waals surface area contributed by atoms with Crippen LogP contribution < -0.4 is 16.0 Å². The van der Waals surface area contributed by atoms with E-state index >= 15 is 0 Å². The first-order valence-electron chi connectivity index (χ1n) is 11.0. The summed E-state index contributed by atoms with van der Waals surface area (Å²) >= 11 is 0. The van der Waals surface area contributed by atoms with Gasteiger partial charge in [-0.3, -0.25) is 4.79 Å². The van der Waals surface area contributed by atoms with Crippen LogP contribution in [0.25, 0.3) is 10.8 Å². The minimum atomic E-state index is -0.0876. The van der Waals surface area contributed by atoms with Crippen molar-refractivity contribution in [1.82, 2.24) is 15.5 Å². The van der Waals surface area contributed by atoms with Gasteiger partial charge in [-0.1, -0.05) is 48.5 Å². The zero-order chi connectivity index (χ0) is 22.2. The molecule has 0 spiro atoms. The van der Waals surface area contributed by atoms with Crippen LogP contribution >= 0.6 is 0 Å². The normalized spacial score (nSPS) is 12.2. The van der Waals surface area contributed by atoms with Crippen molar-refractivity contribution in [2.75, 3.05) is 45.6 Å². The molecular formula is C26H34N4O. The van der Waals surface area contributed by atoms with Gasteiger partial charge < -0.3 is 20.9 Å². The zero-order valence-electron chi connectivity index (χ0n) is 19.0. The Kier molecular flexibility index (Phi) is 8.04.